The Morgan fingerprint density at radius 2 is 1.54 bits per heavy atom. The average molecular weight is 363 g/mol. The van der Waals surface area contributed by atoms with E-state index >= 15 is 0 Å². The molecule has 0 spiro atoms. The van der Waals surface area contributed by atoms with Gasteiger partial charge in [0, 0.05) is 13.1 Å². The van der Waals surface area contributed by atoms with E-state index in [0.717, 1.165) is 11.3 Å². The van der Waals surface area contributed by atoms with Crippen LogP contribution in [0.15, 0.2) is 48.5 Å². The number of aliphatic hydroxyl groups excluding tert-OH is 1. The molecule has 0 fully saturated rings. The highest BCUT2D eigenvalue weighted by molar-refractivity contribution is 5.31. The van der Waals surface area contributed by atoms with Gasteiger partial charge in [0.25, 0.3) is 0 Å². The fourth-order valence-corrected chi connectivity index (χ4v) is 2.50. The number of hydrogen-bond donors (Lipinski definition) is 1. The fraction of sp³-hybridized carbons (Fsp3) is 0.400. The number of nitrogens with zero attached hydrogens (tertiary/aromatic N) is 1. The highest BCUT2D eigenvalue weighted by atomic mass is 19.1. The van der Waals surface area contributed by atoms with Gasteiger partial charge in [0.2, 0.25) is 0 Å². The quantitative estimate of drug-likeness (QED) is 0.665. The predicted octanol–water partition coefficient (Wildman–Crippen LogP) is 2.92. The summed E-state index contributed by atoms with van der Waals surface area (Å²) in [6, 6.07) is 14.8. The summed E-state index contributed by atoms with van der Waals surface area (Å²) < 4.78 is 28.0. The molecular formula is C20H26FNO4. The van der Waals surface area contributed by atoms with Crippen LogP contribution >= 0.6 is 0 Å². The molecule has 0 aliphatic rings. The van der Waals surface area contributed by atoms with Gasteiger partial charge in [0.1, 0.15) is 43.2 Å². The van der Waals surface area contributed by atoms with Gasteiger partial charge in [0.15, 0.2) is 0 Å². The Bertz CT molecular complexity index is 633. The third-order valence-corrected chi connectivity index (χ3v) is 3.75. The summed E-state index contributed by atoms with van der Waals surface area (Å²) in [5.41, 5.74) is 1.09. The second kappa shape index (κ2) is 10.6. The van der Waals surface area contributed by atoms with Crippen LogP contribution < -0.4 is 14.2 Å². The molecule has 1 atom stereocenters. The maximum atomic E-state index is 12.1. The highest BCUT2D eigenvalue weighted by Gasteiger charge is 2.10. The van der Waals surface area contributed by atoms with Crippen molar-refractivity contribution in [2.45, 2.75) is 12.6 Å². The van der Waals surface area contributed by atoms with Crippen LogP contribution in [0, 0.1) is 0 Å². The average Bonchev–Trinajstić information content (AvgIpc) is 2.66. The van der Waals surface area contributed by atoms with Crippen molar-refractivity contribution in [1.29, 1.82) is 0 Å². The van der Waals surface area contributed by atoms with Crippen LogP contribution in [0.4, 0.5) is 4.39 Å². The van der Waals surface area contributed by atoms with Gasteiger partial charge in [-0.3, -0.25) is 4.90 Å². The molecule has 6 heteroatoms. The maximum Gasteiger partial charge on any atom is 0.123 e. The molecule has 0 aliphatic carbocycles. The first-order valence-corrected chi connectivity index (χ1v) is 8.52. The van der Waals surface area contributed by atoms with E-state index in [1.165, 1.54) is 0 Å². The third kappa shape index (κ3) is 6.90. The normalized spacial score (nSPS) is 12.0. The van der Waals surface area contributed by atoms with Gasteiger partial charge in [-0.1, -0.05) is 12.1 Å². The second-order valence-electron chi connectivity index (χ2n) is 6.02. The molecule has 2 aromatic rings. The van der Waals surface area contributed by atoms with Crippen molar-refractivity contribution in [3.8, 4) is 17.2 Å². The van der Waals surface area contributed by atoms with Crippen LogP contribution in [-0.2, 0) is 6.54 Å². The van der Waals surface area contributed by atoms with Crippen LogP contribution in [0.1, 0.15) is 5.56 Å². The molecule has 0 bridgehead atoms. The number of benzene rings is 2. The van der Waals surface area contributed by atoms with Gasteiger partial charge in [-0.15, -0.1) is 0 Å². The number of hydrogen-bond acceptors (Lipinski definition) is 5. The number of aliphatic hydroxyl groups is 1. The van der Waals surface area contributed by atoms with Crippen molar-refractivity contribution in [3.05, 3.63) is 54.1 Å². The largest absolute Gasteiger partial charge is 0.497 e. The molecule has 142 valence electrons. The molecule has 26 heavy (non-hydrogen) atoms. The van der Waals surface area contributed by atoms with E-state index in [1.54, 1.807) is 7.11 Å². The summed E-state index contributed by atoms with van der Waals surface area (Å²) in [4.78, 5) is 2.01. The van der Waals surface area contributed by atoms with Gasteiger partial charge in [-0.2, -0.15) is 0 Å². The molecule has 0 aromatic heterocycles. The van der Waals surface area contributed by atoms with E-state index in [4.69, 9.17) is 14.2 Å². The highest BCUT2D eigenvalue weighted by Crippen LogP contribution is 2.17. The van der Waals surface area contributed by atoms with Crippen molar-refractivity contribution in [1.82, 2.24) is 4.90 Å². The van der Waals surface area contributed by atoms with E-state index in [9.17, 15) is 9.50 Å². The van der Waals surface area contributed by atoms with Gasteiger partial charge in [0.05, 0.1) is 7.11 Å². The Hall–Kier alpha value is -2.31. The lowest BCUT2D eigenvalue weighted by atomic mass is 10.2. The van der Waals surface area contributed by atoms with Gasteiger partial charge in [-0.05, 0) is 49.0 Å². The van der Waals surface area contributed by atoms with Crippen molar-refractivity contribution in [2.75, 3.05) is 40.6 Å². The van der Waals surface area contributed by atoms with Crippen LogP contribution in [-0.4, -0.2) is 56.7 Å². The van der Waals surface area contributed by atoms with Crippen LogP contribution in [0.3, 0.4) is 0 Å². The monoisotopic (exact) mass is 363 g/mol. The first-order valence-electron chi connectivity index (χ1n) is 8.52. The predicted molar refractivity (Wildman–Crippen MR) is 98.7 cm³/mol. The zero-order chi connectivity index (χ0) is 18.8. The lowest BCUT2D eigenvalue weighted by molar-refractivity contribution is 0.0743. The second-order valence-corrected chi connectivity index (χ2v) is 6.02. The first-order chi connectivity index (χ1) is 12.6. The van der Waals surface area contributed by atoms with Crippen molar-refractivity contribution in [2.24, 2.45) is 0 Å². The minimum Gasteiger partial charge on any atom is -0.497 e. The van der Waals surface area contributed by atoms with E-state index in [2.05, 4.69) is 0 Å². The molecule has 2 aromatic carbocycles. The molecule has 0 unspecified atom stereocenters. The molecule has 0 heterocycles. The van der Waals surface area contributed by atoms with Crippen molar-refractivity contribution in [3.63, 3.8) is 0 Å². The minimum atomic E-state index is -0.603. The topological polar surface area (TPSA) is 51.2 Å². The van der Waals surface area contributed by atoms with Gasteiger partial charge >= 0.3 is 0 Å². The Morgan fingerprint density at radius 3 is 2.15 bits per heavy atom. The van der Waals surface area contributed by atoms with Crippen molar-refractivity contribution < 1.29 is 23.7 Å². The summed E-state index contributed by atoms with van der Waals surface area (Å²) in [5.74, 6) is 2.11. The molecule has 0 saturated carbocycles. The molecular weight excluding hydrogens is 337 g/mol. The summed E-state index contributed by atoms with van der Waals surface area (Å²) >= 11 is 0. The van der Waals surface area contributed by atoms with E-state index < -0.39 is 12.8 Å². The number of likely N-dealkylation sites (N-methyl/N-ethyl adjacent to an activating group) is 1. The summed E-state index contributed by atoms with van der Waals surface area (Å²) in [6.07, 6.45) is -0.603. The summed E-state index contributed by atoms with van der Waals surface area (Å²) in [5, 5.41) is 10.2. The standard InChI is InChI=1S/C20H26FNO4/c1-22(13-16-3-5-19(6-4-16)25-12-11-21)14-17(23)15-26-20-9-7-18(24-2)8-10-20/h3-10,17,23H,11-15H2,1-2H3/t17-/m1/s1. The number of halogens is 1. The Kier molecular flexibility index (Phi) is 8.18. The van der Waals surface area contributed by atoms with Crippen LogP contribution in [0.25, 0.3) is 0 Å². The summed E-state index contributed by atoms with van der Waals surface area (Å²) in [6.45, 7) is 0.951. The number of methoxy groups -OCH3 is 1. The Balaban J connectivity index is 1.72. The SMILES string of the molecule is COc1ccc(OC[C@H](O)CN(C)Cc2ccc(OCCF)cc2)cc1. The number of ether oxygens (including phenoxy) is 3. The van der Waals surface area contributed by atoms with Crippen LogP contribution in [0.2, 0.25) is 0 Å². The zero-order valence-corrected chi connectivity index (χ0v) is 15.2. The van der Waals surface area contributed by atoms with Gasteiger partial charge < -0.3 is 19.3 Å². The Labute approximate surface area is 153 Å². The molecule has 1 N–H and O–H groups in total. The smallest absolute Gasteiger partial charge is 0.123 e. The van der Waals surface area contributed by atoms with Gasteiger partial charge in [-0.25, -0.2) is 4.39 Å². The zero-order valence-electron chi connectivity index (χ0n) is 15.2. The molecule has 5 nitrogen and oxygen atoms in total. The molecule has 0 saturated heterocycles. The number of rotatable bonds is 11. The maximum absolute atomic E-state index is 12.1. The molecule has 0 aliphatic heterocycles. The first kappa shape index (κ1) is 20.0. The van der Waals surface area contributed by atoms with Crippen molar-refractivity contribution >= 4 is 0 Å². The fourth-order valence-electron chi connectivity index (χ4n) is 2.50. The van der Waals surface area contributed by atoms with E-state index in [0.29, 0.717) is 24.6 Å². The number of alkyl halides is 1. The van der Waals surface area contributed by atoms with E-state index in [1.807, 2.05) is 60.5 Å². The minimum absolute atomic E-state index is 0.0691. The van der Waals surface area contributed by atoms with Crippen LogP contribution in [0.5, 0.6) is 17.2 Å². The summed E-state index contributed by atoms with van der Waals surface area (Å²) in [7, 11) is 3.55. The molecule has 0 radical (unpaired) electrons. The lowest BCUT2D eigenvalue weighted by Gasteiger charge is -2.21. The lowest BCUT2D eigenvalue weighted by Crippen LogP contribution is -2.32. The van der Waals surface area contributed by atoms with E-state index in [-0.39, 0.29) is 13.2 Å². The Morgan fingerprint density at radius 1 is 0.962 bits per heavy atom. The third-order valence-electron chi connectivity index (χ3n) is 3.75. The molecule has 2 rings (SSSR count). The molecule has 0 amide bonds.